The number of thiazole rings is 1. The van der Waals surface area contributed by atoms with Crippen molar-refractivity contribution >= 4 is 11.3 Å². The fraction of sp³-hybridized carbons (Fsp3) is 0.526. The predicted molar refractivity (Wildman–Crippen MR) is 99.0 cm³/mol. The normalized spacial score (nSPS) is 18.5. The van der Waals surface area contributed by atoms with Gasteiger partial charge in [0, 0.05) is 24.0 Å². The molecule has 0 bridgehead atoms. The molecule has 5 heteroatoms. The monoisotopic (exact) mass is 346 g/mol. The van der Waals surface area contributed by atoms with E-state index in [4.69, 9.17) is 14.5 Å². The molecule has 1 aromatic carbocycles. The maximum atomic E-state index is 5.51. The van der Waals surface area contributed by atoms with Crippen LogP contribution in [0.4, 0.5) is 0 Å². The Bertz CT molecular complexity index is 671. The summed E-state index contributed by atoms with van der Waals surface area (Å²) in [5.41, 5.74) is 2.19. The van der Waals surface area contributed by atoms with Gasteiger partial charge in [0.15, 0.2) is 0 Å². The summed E-state index contributed by atoms with van der Waals surface area (Å²) in [5, 5.41) is 3.19. The first-order valence-corrected chi connectivity index (χ1v) is 9.54. The first kappa shape index (κ1) is 17.2. The molecule has 0 spiro atoms. The summed E-state index contributed by atoms with van der Waals surface area (Å²) in [6, 6.07) is 6.60. The third-order valence-corrected chi connectivity index (χ3v) is 5.70. The number of likely N-dealkylation sites (tertiary alicyclic amines) is 1. The van der Waals surface area contributed by atoms with E-state index in [1.54, 1.807) is 25.6 Å². The highest BCUT2D eigenvalue weighted by Gasteiger charge is 2.22. The zero-order valence-corrected chi connectivity index (χ0v) is 15.6. The third kappa shape index (κ3) is 3.73. The molecule has 1 aliphatic heterocycles. The van der Waals surface area contributed by atoms with E-state index < -0.39 is 0 Å². The van der Waals surface area contributed by atoms with Crippen LogP contribution >= 0.6 is 11.3 Å². The second-order valence-corrected chi connectivity index (χ2v) is 7.10. The second-order valence-electron chi connectivity index (χ2n) is 6.24. The number of ether oxygens (including phenoxy) is 2. The van der Waals surface area contributed by atoms with E-state index in [0.717, 1.165) is 34.3 Å². The van der Waals surface area contributed by atoms with Gasteiger partial charge in [-0.05, 0) is 37.9 Å². The molecule has 0 saturated carbocycles. The lowest BCUT2D eigenvalue weighted by atomic mass is 10.00. The lowest BCUT2D eigenvalue weighted by molar-refractivity contribution is 0.135. The largest absolute Gasteiger partial charge is 0.497 e. The molecule has 1 saturated heterocycles. The number of rotatable bonds is 6. The van der Waals surface area contributed by atoms with Crippen LogP contribution in [-0.4, -0.2) is 36.7 Å². The molecule has 1 aliphatic rings. The van der Waals surface area contributed by atoms with Crippen LogP contribution in [0.15, 0.2) is 23.6 Å². The Labute approximate surface area is 148 Å². The number of methoxy groups -OCH3 is 2. The highest BCUT2D eigenvalue weighted by Crippen LogP contribution is 2.35. The maximum absolute atomic E-state index is 5.51. The second kappa shape index (κ2) is 7.99. The lowest BCUT2D eigenvalue weighted by Gasteiger charge is -2.34. The summed E-state index contributed by atoms with van der Waals surface area (Å²) in [5.74, 6) is 1.60. The molecule has 0 N–H and O–H groups in total. The van der Waals surface area contributed by atoms with Gasteiger partial charge < -0.3 is 9.47 Å². The van der Waals surface area contributed by atoms with Crippen molar-refractivity contribution in [1.82, 2.24) is 9.88 Å². The smallest absolute Gasteiger partial charge is 0.132 e. The van der Waals surface area contributed by atoms with E-state index >= 15 is 0 Å². The zero-order valence-electron chi connectivity index (χ0n) is 14.7. The predicted octanol–water partition coefficient (Wildman–Crippen LogP) is 4.59. The van der Waals surface area contributed by atoms with Crippen LogP contribution in [0.1, 0.15) is 38.3 Å². The number of benzene rings is 1. The summed E-state index contributed by atoms with van der Waals surface area (Å²) in [6.07, 6.45) is 5.21. The van der Waals surface area contributed by atoms with Crippen molar-refractivity contribution in [3.8, 4) is 22.1 Å². The quantitative estimate of drug-likeness (QED) is 0.766. The van der Waals surface area contributed by atoms with Crippen molar-refractivity contribution in [2.75, 3.05) is 20.8 Å². The molecule has 1 fully saturated rings. The van der Waals surface area contributed by atoms with Crippen molar-refractivity contribution in [2.24, 2.45) is 0 Å². The van der Waals surface area contributed by atoms with Gasteiger partial charge in [0.1, 0.15) is 16.5 Å². The molecule has 0 amide bonds. The molecule has 0 radical (unpaired) electrons. The van der Waals surface area contributed by atoms with Crippen LogP contribution in [-0.2, 0) is 6.54 Å². The van der Waals surface area contributed by atoms with Crippen LogP contribution in [0.5, 0.6) is 11.5 Å². The molecular formula is C19H26N2O2S. The molecule has 1 unspecified atom stereocenters. The first-order chi connectivity index (χ1) is 11.7. The zero-order chi connectivity index (χ0) is 16.9. The number of nitrogens with zero attached hydrogens (tertiary/aromatic N) is 2. The number of aromatic nitrogens is 1. The van der Waals surface area contributed by atoms with Gasteiger partial charge in [-0.3, -0.25) is 4.90 Å². The number of hydrogen-bond donors (Lipinski definition) is 0. The van der Waals surface area contributed by atoms with Crippen LogP contribution in [0.25, 0.3) is 10.6 Å². The van der Waals surface area contributed by atoms with E-state index in [1.165, 1.54) is 32.2 Å². The molecule has 2 heterocycles. The molecule has 4 nitrogen and oxygen atoms in total. The summed E-state index contributed by atoms with van der Waals surface area (Å²) in [4.78, 5) is 7.45. The minimum atomic E-state index is 0.708. The number of hydrogen-bond acceptors (Lipinski definition) is 5. The van der Waals surface area contributed by atoms with E-state index in [-0.39, 0.29) is 0 Å². The van der Waals surface area contributed by atoms with Crippen LogP contribution in [0, 0.1) is 0 Å². The van der Waals surface area contributed by atoms with E-state index in [2.05, 4.69) is 17.2 Å². The third-order valence-electron chi connectivity index (χ3n) is 4.78. The van der Waals surface area contributed by atoms with Crippen molar-refractivity contribution in [3.63, 3.8) is 0 Å². The SMILES string of the molecule is CCC1CCCCN1Cc1csc(-c2ccc(OC)cc2OC)n1. The van der Waals surface area contributed by atoms with Crippen LogP contribution < -0.4 is 9.47 Å². The first-order valence-electron chi connectivity index (χ1n) is 8.66. The van der Waals surface area contributed by atoms with E-state index in [1.807, 2.05) is 18.2 Å². The Balaban J connectivity index is 1.78. The van der Waals surface area contributed by atoms with Crippen LogP contribution in [0.2, 0.25) is 0 Å². The lowest BCUT2D eigenvalue weighted by Crippen LogP contribution is -2.38. The van der Waals surface area contributed by atoms with Crippen molar-refractivity contribution < 1.29 is 9.47 Å². The summed E-state index contributed by atoms with van der Waals surface area (Å²) in [6.45, 7) is 4.43. The number of piperidine rings is 1. The van der Waals surface area contributed by atoms with E-state index in [0.29, 0.717) is 6.04 Å². The van der Waals surface area contributed by atoms with Gasteiger partial charge in [-0.25, -0.2) is 4.98 Å². The highest BCUT2D eigenvalue weighted by atomic mass is 32.1. The Morgan fingerprint density at radius 2 is 2.12 bits per heavy atom. The minimum Gasteiger partial charge on any atom is -0.497 e. The van der Waals surface area contributed by atoms with Gasteiger partial charge >= 0.3 is 0 Å². The summed E-state index contributed by atoms with van der Waals surface area (Å²) >= 11 is 1.68. The molecule has 1 atom stereocenters. The molecule has 1 aromatic heterocycles. The Morgan fingerprint density at radius 3 is 2.88 bits per heavy atom. The van der Waals surface area contributed by atoms with Gasteiger partial charge in [0.05, 0.1) is 25.5 Å². The fourth-order valence-corrected chi connectivity index (χ4v) is 4.26. The van der Waals surface area contributed by atoms with Gasteiger partial charge in [0.2, 0.25) is 0 Å². The van der Waals surface area contributed by atoms with Crippen molar-refractivity contribution in [3.05, 3.63) is 29.3 Å². The van der Waals surface area contributed by atoms with Gasteiger partial charge in [-0.15, -0.1) is 11.3 Å². The molecule has 2 aromatic rings. The Kier molecular flexibility index (Phi) is 5.74. The topological polar surface area (TPSA) is 34.6 Å². The van der Waals surface area contributed by atoms with Crippen molar-refractivity contribution in [1.29, 1.82) is 0 Å². The fourth-order valence-electron chi connectivity index (χ4n) is 3.42. The average molecular weight is 346 g/mol. The maximum Gasteiger partial charge on any atom is 0.132 e. The summed E-state index contributed by atoms with van der Waals surface area (Å²) < 4.78 is 10.8. The molecule has 0 aliphatic carbocycles. The molecule has 130 valence electrons. The minimum absolute atomic E-state index is 0.708. The van der Waals surface area contributed by atoms with Crippen molar-refractivity contribution in [2.45, 2.75) is 45.2 Å². The summed E-state index contributed by atoms with van der Waals surface area (Å²) in [7, 11) is 3.35. The molecule has 24 heavy (non-hydrogen) atoms. The van der Waals surface area contributed by atoms with Gasteiger partial charge in [-0.2, -0.15) is 0 Å². The average Bonchev–Trinajstić information content (AvgIpc) is 3.09. The molecular weight excluding hydrogens is 320 g/mol. The van der Waals surface area contributed by atoms with E-state index in [9.17, 15) is 0 Å². The van der Waals surface area contributed by atoms with Gasteiger partial charge in [-0.1, -0.05) is 13.3 Å². The standard InChI is InChI=1S/C19H26N2O2S/c1-4-15-7-5-6-10-21(15)12-14-13-24-19(20-14)17-9-8-16(22-2)11-18(17)23-3/h8-9,11,13,15H,4-7,10,12H2,1-3H3. The highest BCUT2D eigenvalue weighted by molar-refractivity contribution is 7.13. The Morgan fingerprint density at radius 1 is 1.25 bits per heavy atom. The van der Waals surface area contributed by atoms with Crippen LogP contribution in [0.3, 0.4) is 0 Å². The Hall–Kier alpha value is -1.59. The molecule has 3 rings (SSSR count). The van der Waals surface area contributed by atoms with Gasteiger partial charge in [0.25, 0.3) is 0 Å².